The first-order chi connectivity index (χ1) is 14.7. The molecule has 0 saturated carbocycles. The summed E-state index contributed by atoms with van der Waals surface area (Å²) < 4.78 is 30.3. The third kappa shape index (κ3) is 5.55. The lowest BCUT2D eigenvalue weighted by molar-refractivity contribution is -0.114. The lowest BCUT2D eigenvalue weighted by Gasteiger charge is -2.23. The van der Waals surface area contributed by atoms with Gasteiger partial charge in [-0.2, -0.15) is 0 Å². The molecule has 3 rings (SSSR count). The maximum absolute atomic E-state index is 12.7. The SMILES string of the molecule is COC(=O)c1ccc(N(CC(=O)Nc2ccc(N3CCCC3)cc2C)S(C)(=O)=O)cc1. The number of aryl methyl sites for hydroxylation is 1. The maximum atomic E-state index is 12.7. The van der Waals surface area contributed by atoms with Crippen LogP contribution in [0.2, 0.25) is 0 Å². The zero-order valence-corrected chi connectivity index (χ0v) is 18.7. The molecule has 8 nitrogen and oxygen atoms in total. The summed E-state index contributed by atoms with van der Waals surface area (Å²) in [7, 11) is -2.46. The molecular weight excluding hydrogens is 418 g/mol. The van der Waals surface area contributed by atoms with Crippen molar-refractivity contribution in [1.29, 1.82) is 0 Å². The number of hydrogen-bond donors (Lipinski definition) is 1. The number of methoxy groups -OCH3 is 1. The number of sulfonamides is 1. The first-order valence-corrected chi connectivity index (χ1v) is 11.9. The van der Waals surface area contributed by atoms with E-state index in [0.29, 0.717) is 5.69 Å². The Balaban J connectivity index is 1.73. The van der Waals surface area contributed by atoms with Crippen molar-refractivity contribution in [2.75, 3.05) is 47.5 Å². The summed E-state index contributed by atoms with van der Waals surface area (Å²) in [6.45, 7) is 3.59. The van der Waals surface area contributed by atoms with Crippen molar-refractivity contribution in [3.05, 3.63) is 53.6 Å². The summed E-state index contributed by atoms with van der Waals surface area (Å²) in [5.74, 6) is -0.984. The number of benzene rings is 2. The van der Waals surface area contributed by atoms with Crippen LogP contribution in [-0.2, 0) is 19.6 Å². The van der Waals surface area contributed by atoms with Gasteiger partial charge >= 0.3 is 5.97 Å². The van der Waals surface area contributed by atoms with E-state index in [0.717, 1.165) is 34.9 Å². The molecule has 31 heavy (non-hydrogen) atoms. The molecule has 0 radical (unpaired) electrons. The van der Waals surface area contributed by atoms with Gasteiger partial charge in [-0.25, -0.2) is 13.2 Å². The minimum atomic E-state index is -3.72. The van der Waals surface area contributed by atoms with Crippen LogP contribution in [0, 0.1) is 6.92 Å². The number of carbonyl (C=O) groups excluding carboxylic acids is 2. The fraction of sp³-hybridized carbons (Fsp3) is 0.364. The summed E-state index contributed by atoms with van der Waals surface area (Å²) >= 11 is 0. The normalized spacial score (nSPS) is 13.7. The molecule has 9 heteroatoms. The van der Waals surface area contributed by atoms with Gasteiger partial charge in [0.1, 0.15) is 6.54 Å². The molecule has 2 aromatic rings. The number of nitrogens with zero attached hydrogens (tertiary/aromatic N) is 2. The van der Waals surface area contributed by atoms with Crippen molar-refractivity contribution in [2.45, 2.75) is 19.8 Å². The highest BCUT2D eigenvalue weighted by Gasteiger charge is 2.22. The zero-order valence-electron chi connectivity index (χ0n) is 17.9. The Morgan fingerprint density at radius 2 is 1.74 bits per heavy atom. The molecular formula is C22H27N3O5S. The summed E-state index contributed by atoms with van der Waals surface area (Å²) in [5, 5.41) is 2.80. The smallest absolute Gasteiger partial charge is 0.337 e. The molecule has 1 amide bonds. The minimum Gasteiger partial charge on any atom is -0.465 e. The molecule has 1 aliphatic heterocycles. The molecule has 166 valence electrons. The first kappa shape index (κ1) is 22.6. The van der Waals surface area contributed by atoms with Crippen molar-refractivity contribution in [3.63, 3.8) is 0 Å². The quantitative estimate of drug-likeness (QED) is 0.659. The molecule has 0 bridgehead atoms. The zero-order chi connectivity index (χ0) is 22.6. The van der Waals surface area contributed by atoms with Gasteiger partial charge in [-0.15, -0.1) is 0 Å². The molecule has 0 aromatic heterocycles. The fourth-order valence-corrected chi connectivity index (χ4v) is 4.42. The number of rotatable bonds is 7. The van der Waals surface area contributed by atoms with Gasteiger partial charge in [-0.05, 0) is 67.8 Å². The summed E-state index contributed by atoms with van der Waals surface area (Å²) in [5.41, 5.74) is 3.24. The van der Waals surface area contributed by atoms with E-state index in [4.69, 9.17) is 0 Å². The topological polar surface area (TPSA) is 96.0 Å². The third-order valence-corrected chi connectivity index (χ3v) is 6.36. The monoisotopic (exact) mass is 445 g/mol. The number of carbonyl (C=O) groups is 2. The predicted octanol–water partition coefficient (Wildman–Crippen LogP) is 2.79. The largest absolute Gasteiger partial charge is 0.465 e. The van der Waals surface area contributed by atoms with Gasteiger partial charge < -0.3 is 15.0 Å². The van der Waals surface area contributed by atoms with E-state index in [2.05, 4.69) is 15.0 Å². The molecule has 0 spiro atoms. The first-order valence-electron chi connectivity index (χ1n) is 10.0. The standard InChI is InChI=1S/C22H27N3O5S/c1-16-14-19(24-12-4-5-13-24)10-11-20(16)23-21(26)15-25(31(3,28)29)18-8-6-17(7-9-18)22(27)30-2/h6-11,14H,4-5,12-13,15H2,1-3H3,(H,23,26). The molecule has 1 saturated heterocycles. The maximum Gasteiger partial charge on any atom is 0.337 e. The molecule has 1 fully saturated rings. The van der Waals surface area contributed by atoms with E-state index < -0.39 is 21.9 Å². The fourth-order valence-electron chi connectivity index (χ4n) is 3.56. The van der Waals surface area contributed by atoms with Gasteiger partial charge in [0.25, 0.3) is 0 Å². The Labute approximate surface area is 182 Å². The van der Waals surface area contributed by atoms with Gasteiger partial charge in [0.2, 0.25) is 15.9 Å². The molecule has 0 atom stereocenters. The van der Waals surface area contributed by atoms with Crippen LogP contribution in [0.25, 0.3) is 0 Å². The molecule has 2 aromatic carbocycles. The van der Waals surface area contributed by atoms with Crippen molar-refractivity contribution >= 4 is 39.0 Å². The van der Waals surface area contributed by atoms with Crippen LogP contribution in [0.15, 0.2) is 42.5 Å². The van der Waals surface area contributed by atoms with Gasteiger partial charge in [0.05, 0.1) is 24.6 Å². The van der Waals surface area contributed by atoms with Crippen LogP contribution >= 0.6 is 0 Å². The molecule has 1 aliphatic rings. The Kier molecular flexibility index (Phi) is 6.84. The Hall–Kier alpha value is -3.07. The average Bonchev–Trinajstić information content (AvgIpc) is 3.27. The van der Waals surface area contributed by atoms with Gasteiger partial charge in [-0.3, -0.25) is 9.10 Å². The van der Waals surface area contributed by atoms with E-state index in [-0.39, 0.29) is 17.8 Å². The van der Waals surface area contributed by atoms with Crippen molar-refractivity contribution < 1.29 is 22.7 Å². The van der Waals surface area contributed by atoms with Gasteiger partial charge in [-0.1, -0.05) is 0 Å². The minimum absolute atomic E-state index is 0.284. The Morgan fingerprint density at radius 3 is 2.29 bits per heavy atom. The van der Waals surface area contributed by atoms with Crippen molar-refractivity contribution in [3.8, 4) is 0 Å². The molecule has 1 heterocycles. The lowest BCUT2D eigenvalue weighted by atomic mass is 10.1. The Bertz CT molecular complexity index is 1060. The third-order valence-electron chi connectivity index (χ3n) is 5.22. The summed E-state index contributed by atoms with van der Waals surface area (Å²) in [4.78, 5) is 26.6. The lowest BCUT2D eigenvalue weighted by Crippen LogP contribution is -2.37. The van der Waals surface area contributed by atoms with E-state index >= 15 is 0 Å². The van der Waals surface area contributed by atoms with Crippen molar-refractivity contribution in [2.24, 2.45) is 0 Å². The molecule has 0 aliphatic carbocycles. The second-order valence-corrected chi connectivity index (χ2v) is 9.46. The van der Waals surface area contributed by atoms with E-state index in [9.17, 15) is 18.0 Å². The summed E-state index contributed by atoms with van der Waals surface area (Å²) in [6, 6.07) is 11.7. The number of esters is 1. The van der Waals surface area contributed by atoms with E-state index in [1.165, 1.54) is 44.2 Å². The van der Waals surface area contributed by atoms with E-state index in [1.807, 2.05) is 25.1 Å². The highest BCUT2D eigenvalue weighted by Crippen LogP contribution is 2.26. The average molecular weight is 446 g/mol. The summed E-state index contributed by atoms with van der Waals surface area (Å²) in [6.07, 6.45) is 3.39. The Morgan fingerprint density at radius 1 is 1.10 bits per heavy atom. The number of ether oxygens (including phenoxy) is 1. The van der Waals surface area contributed by atoms with Crippen LogP contribution in [0.1, 0.15) is 28.8 Å². The van der Waals surface area contributed by atoms with Gasteiger partial charge in [0, 0.05) is 24.5 Å². The highest BCUT2D eigenvalue weighted by molar-refractivity contribution is 7.92. The van der Waals surface area contributed by atoms with Crippen LogP contribution in [0.4, 0.5) is 17.1 Å². The van der Waals surface area contributed by atoms with E-state index in [1.54, 1.807) is 0 Å². The predicted molar refractivity (Wildman–Crippen MR) is 121 cm³/mol. The second kappa shape index (κ2) is 9.38. The van der Waals surface area contributed by atoms with Crippen LogP contribution < -0.4 is 14.5 Å². The van der Waals surface area contributed by atoms with Gasteiger partial charge in [0.15, 0.2) is 0 Å². The van der Waals surface area contributed by atoms with Crippen molar-refractivity contribution in [1.82, 2.24) is 0 Å². The van der Waals surface area contributed by atoms with Crippen LogP contribution in [0.3, 0.4) is 0 Å². The molecule has 0 unspecified atom stereocenters. The molecule has 1 N–H and O–H groups in total. The number of hydrogen-bond acceptors (Lipinski definition) is 6. The van der Waals surface area contributed by atoms with Crippen LogP contribution in [-0.4, -0.2) is 53.3 Å². The number of nitrogens with one attached hydrogen (secondary N) is 1. The second-order valence-electron chi connectivity index (χ2n) is 7.55. The number of amides is 1. The number of anilines is 3. The highest BCUT2D eigenvalue weighted by atomic mass is 32.2. The van der Waals surface area contributed by atoms with Crippen LogP contribution in [0.5, 0.6) is 0 Å².